The van der Waals surface area contributed by atoms with E-state index in [1.165, 1.54) is 18.4 Å². The van der Waals surface area contributed by atoms with E-state index in [9.17, 15) is 0 Å². The summed E-state index contributed by atoms with van der Waals surface area (Å²) in [4.78, 5) is 6.85. The molecule has 0 aromatic carbocycles. The Labute approximate surface area is 116 Å². The van der Waals surface area contributed by atoms with Crippen LogP contribution >= 0.6 is 0 Å². The minimum Gasteiger partial charge on any atom is -0.383 e. The Balaban J connectivity index is 1.94. The van der Waals surface area contributed by atoms with Gasteiger partial charge in [0.25, 0.3) is 0 Å². The number of nitrogens with zero attached hydrogens (tertiary/aromatic N) is 2. The number of methoxy groups -OCH3 is 1. The Hall–Kier alpha value is -1.13. The van der Waals surface area contributed by atoms with Crippen molar-refractivity contribution in [3.8, 4) is 0 Å². The smallest absolute Gasteiger partial charge is 0.128 e. The highest BCUT2D eigenvalue weighted by Crippen LogP contribution is 2.20. The van der Waals surface area contributed by atoms with Gasteiger partial charge in [-0.25, -0.2) is 4.98 Å². The Kier molecular flexibility index (Phi) is 5.16. The Bertz CT molecular complexity index is 375. The van der Waals surface area contributed by atoms with Crippen molar-refractivity contribution in [3.05, 3.63) is 23.9 Å². The van der Waals surface area contributed by atoms with E-state index in [0.717, 1.165) is 31.6 Å². The number of aromatic nitrogens is 1. The molecule has 1 atom stereocenters. The summed E-state index contributed by atoms with van der Waals surface area (Å²) in [7, 11) is 1.74. The van der Waals surface area contributed by atoms with Crippen LogP contribution in [0.15, 0.2) is 18.3 Å². The van der Waals surface area contributed by atoms with Crippen LogP contribution in [-0.4, -0.2) is 37.3 Å². The maximum absolute atomic E-state index is 5.22. The number of hydrogen-bond donors (Lipinski definition) is 1. The van der Waals surface area contributed by atoms with Gasteiger partial charge in [-0.05, 0) is 38.3 Å². The first-order valence-corrected chi connectivity index (χ1v) is 7.18. The number of rotatable bonds is 8. The van der Waals surface area contributed by atoms with E-state index >= 15 is 0 Å². The summed E-state index contributed by atoms with van der Waals surface area (Å²) in [6.07, 6.45) is 4.63. The minimum atomic E-state index is 0.345. The molecule has 1 N–H and O–H groups in total. The van der Waals surface area contributed by atoms with Gasteiger partial charge < -0.3 is 15.0 Å². The van der Waals surface area contributed by atoms with Crippen LogP contribution in [0.25, 0.3) is 0 Å². The van der Waals surface area contributed by atoms with Gasteiger partial charge in [-0.3, -0.25) is 0 Å². The molecule has 4 nitrogen and oxygen atoms in total. The summed E-state index contributed by atoms with van der Waals surface area (Å²) >= 11 is 0. The molecule has 4 heteroatoms. The van der Waals surface area contributed by atoms with Gasteiger partial charge in [-0.15, -0.1) is 0 Å². The van der Waals surface area contributed by atoms with E-state index in [1.807, 2.05) is 6.20 Å². The molecule has 1 saturated carbocycles. The van der Waals surface area contributed by atoms with Crippen LogP contribution in [-0.2, 0) is 11.3 Å². The van der Waals surface area contributed by atoms with E-state index in [0.29, 0.717) is 6.04 Å². The van der Waals surface area contributed by atoms with Gasteiger partial charge in [0.1, 0.15) is 5.82 Å². The van der Waals surface area contributed by atoms with Gasteiger partial charge in [0.2, 0.25) is 0 Å². The predicted molar refractivity (Wildman–Crippen MR) is 78.5 cm³/mol. The van der Waals surface area contributed by atoms with Gasteiger partial charge in [0, 0.05) is 32.4 Å². The van der Waals surface area contributed by atoms with Crippen molar-refractivity contribution < 1.29 is 4.74 Å². The standard InChI is InChI=1S/C15H25N3O/c1-4-18(12(2)11-19-3)15-8-5-13(10-17-15)9-16-14-6-7-14/h5,8,10,12,14,16H,4,6-7,9,11H2,1-3H3. The molecular formula is C15H25N3O. The van der Waals surface area contributed by atoms with Gasteiger partial charge in [-0.2, -0.15) is 0 Å². The normalized spacial score (nSPS) is 16.4. The second-order valence-electron chi connectivity index (χ2n) is 5.27. The molecule has 0 aliphatic heterocycles. The monoisotopic (exact) mass is 263 g/mol. The van der Waals surface area contributed by atoms with Crippen LogP contribution in [0.1, 0.15) is 32.3 Å². The zero-order valence-corrected chi connectivity index (χ0v) is 12.2. The number of anilines is 1. The molecule has 0 amide bonds. The minimum absolute atomic E-state index is 0.345. The number of ether oxygens (including phenoxy) is 1. The van der Waals surface area contributed by atoms with Crippen molar-refractivity contribution in [2.24, 2.45) is 0 Å². The summed E-state index contributed by atoms with van der Waals surface area (Å²) in [5, 5.41) is 3.51. The Morgan fingerprint density at radius 3 is 2.79 bits per heavy atom. The zero-order chi connectivity index (χ0) is 13.7. The summed E-state index contributed by atoms with van der Waals surface area (Å²) in [5.41, 5.74) is 1.26. The van der Waals surface area contributed by atoms with E-state index in [2.05, 4.69) is 41.2 Å². The quantitative estimate of drug-likeness (QED) is 0.780. The first kappa shape index (κ1) is 14.3. The molecule has 0 bridgehead atoms. The van der Waals surface area contributed by atoms with Gasteiger partial charge in [0.15, 0.2) is 0 Å². The average Bonchev–Trinajstić information content (AvgIpc) is 3.23. The molecule has 2 rings (SSSR count). The Morgan fingerprint density at radius 2 is 2.26 bits per heavy atom. The maximum atomic E-state index is 5.22. The zero-order valence-electron chi connectivity index (χ0n) is 12.2. The molecule has 1 aromatic rings. The first-order chi connectivity index (χ1) is 9.24. The lowest BCUT2D eigenvalue weighted by Crippen LogP contribution is -2.36. The molecule has 1 unspecified atom stereocenters. The molecule has 1 fully saturated rings. The van der Waals surface area contributed by atoms with Crippen LogP contribution in [0.4, 0.5) is 5.82 Å². The fraction of sp³-hybridized carbons (Fsp3) is 0.667. The number of pyridine rings is 1. The lowest BCUT2D eigenvalue weighted by molar-refractivity contribution is 0.181. The van der Waals surface area contributed by atoms with Crippen LogP contribution in [0.5, 0.6) is 0 Å². The largest absolute Gasteiger partial charge is 0.383 e. The van der Waals surface area contributed by atoms with Gasteiger partial charge in [0.05, 0.1) is 12.6 Å². The van der Waals surface area contributed by atoms with Gasteiger partial charge >= 0.3 is 0 Å². The van der Waals surface area contributed by atoms with Crippen LogP contribution < -0.4 is 10.2 Å². The third kappa shape index (κ3) is 4.18. The van der Waals surface area contributed by atoms with Crippen LogP contribution in [0, 0.1) is 0 Å². The van der Waals surface area contributed by atoms with Crippen LogP contribution in [0.2, 0.25) is 0 Å². The highest BCUT2D eigenvalue weighted by Gasteiger charge is 2.20. The predicted octanol–water partition coefficient (Wildman–Crippen LogP) is 2.19. The third-order valence-electron chi connectivity index (χ3n) is 3.56. The van der Waals surface area contributed by atoms with Crippen molar-refractivity contribution in [3.63, 3.8) is 0 Å². The van der Waals surface area contributed by atoms with Crippen molar-refractivity contribution in [1.82, 2.24) is 10.3 Å². The molecule has 19 heavy (non-hydrogen) atoms. The molecule has 0 spiro atoms. The van der Waals surface area contributed by atoms with Crippen molar-refractivity contribution in [2.45, 2.75) is 45.3 Å². The highest BCUT2D eigenvalue weighted by molar-refractivity contribution is 5.40. The van der Waals surface area contributed by atoms with Crippen molar-refractivity contribution in [2.75, 3.05) is 25.2 Å². The third-order valence-corrected chi connectivity index (χ3v) is 3.56. The summed E-state index contributed by atoms with van der Waals surface area (Å²) in [5.74, 6) is 1.03. The van der Waals surface area contributed by atoms with E-state index in [1.54, 1.807) is 7.11 Å². The highest BCUT2D eigenvalue weighted by atomic mass is 16.5. The first-order valence-electron chi connectivity index (χ1n) is 7.18. The lowest BCUT2D eigenvalue weighted by atomic mass is 10.2. The second kappa shape index (κ2) is 6.87. The number of hydrogen-bond acceptors (Lipinski definition) is 4. The Morgan fingerprint density at radius 1 is 1.47 bits per heavy atom. The van der Waals surface area contributed by atoms with Crippen molar-refractivity contribution in [1.29, 1.82) is 0 Å². The van der Waals surface area contributed by atoms with Crippen molar-refractivity contribution >= 4 is 5.82 Å². The molecule has 1 heterocycles. The molecule has 1 aliphatic rings. The number of nitrogens with one attached hydrogen (secondary N) is 1. The average molecular weight is 263 g/mol. The summed E-state index contributed by atoms with van der Waals surface area (Å²) in [6.45, 7) is 6.91. The summed E-state index contributed by atoms with van der Waals surface area (Å²) in [6, 6.07) is 5.37. The van der Waals surface area contributed by atoms with E-state index in [4.69, 9.17) is 4.74 Å². The number of likely N-dealkylation sites (N-methyl/N-ethyl adjacent to an activating group) is 1. The molecule has 0 radical (unpaired) electrons. The van der Waals surface area contributed by atoms with E-state index in [-0.39, 0.29) is 0 Å². The second-order valence-corrected chi connectivity index (χ2v) is 5.27. The van der Waals surface area contributed by atoms with Gasteiger partial charge in [-0.1, -0.05) is 6.07 Å². The molecule has 0 saturated heterocycles. The fourth-order valence-corrected chi connectivity index (χ4v) is 2.27. The summed E-state index contributed by atoms with van der Waals surface area (Å²) < 4.78 is 5.22. The lowest BCUT2D eigenvalue weighted by Gasteiger charge is -2.28. The topological polar surface area (TPSA) is 37.4 Å². The molecule has 1 aliphatic carbocycles. The maximum Gasteiger partial charge on any atom is 0.128 e. The molecule has 1 aromatic heterocycles. The molecular weight excluding hydrogens is 238 g/mol. The van der Waals surface area contributed by atoms with Crippen LogP contribution in [0.3, 0.4) is 0 Å². The molecule has 106 valence electrons. The SMILES string of the molecule is CCN(c1ccc(CNC2CC2)cn1)C(C)COC. The fourth-order valence-electron chi connectivity index (χ4n) is 2.27. The van der Waals surface area contributed by atoms with E-state index < -0.39 is 0 Å².